The van der Waals surface area contributed by atoms with Crippen LogP contribution in [0.3, 0.4) is 0 Å². The Morgan fingerprint density at radius 1 is 1.50 bits per heavy atom. The van der Waals surface area contributed by atoms with Crippen molar-refractivity contribution in [2.45, 2.75) is 18.7 Å². The molecule has 1 aromatic carbocycles. The molecule has 1 unspecified atom stereocenters. The highest BCUT2D eigenvalue weighted by molar-refractivity contribution is 9.10. The van der Waals surface area contributed by atoms with E-state index in [2.05, 4.69) is 20.7 Å². The molecule has 1 atom stereocenters. The van der Waals surface area contributed by atoms with Crippen molar-refractivity contribution in [1.82, 2.24) is 0 Å². The predicted molar refractivity (Wildman–Crippen MR) is 63.5 cm³/mol. The first-order valence-corrected chi connectivity index (χ1v) is 5.80. The highest BCUT2D eigenvalue weighted by atomic mass is 79.9. The molecule has 0 radical (unpaired) electrons. The van der Waals surface area contributed by atoms with Gasteiger partial charge in [0.05, 0.1) is 11.3 Å². The molecular weight excluding hydrogens is 351 g/mol. The van der Waals surface area contributed by atoms with Gasteiger partial charge < -0.3 is 9.84 Å². The van der Waals surface area contributed by atoms with Gasteiger partial charge >= 0.3 is 12.1 Å². The molecule has 0 amide bonds. The molecule has 0 aliphatic heterocycles. The second kappa shape index (κ2) is 6.07. The maximum atomic E-state index is 12.6. The maximum Gasteiger partial charge on any atom is 0.426 e. The number of nitrogens with zero attached hydrogens (tertiary/aromatic N) is 1. The van der Waals surface area contributed by atoms with Crippen molar-refractivity contribution in [3.63, 3.8) is 0 Å². The minimum Gasteiger partial charge on any atom is -0.481 e. The fraction of sp³-hybridized carbons (Fsp3) is 0.300. The van der Waals surface area contributed by atoms with Gasteiger partial charge in [-0.05, 0) is 22.0 Å². The molecule has 20 heavy (non-hydrogen) atoms. The zero-order valence-corrected chi connectivity index (χ0v) is 11.1. The number of halogens is 4. The van der Waals surface area contributed by atoms with E-state index in [9.17, 15) is 28.1 Å². The lowest BCUT2D eigenvalue weighted by atomic mass is 10.2. The van der Waals surface area contributed by atoms with Crippen LogP contribution in [0.25, 0.3) is 0 Å². The van der Waals surface area contributed by atoms with Gasteiger partial charge in [-0.2, -0.15) is 13.2 Å². The van der Waals surface area contributed by atoms with Crippen molar-refractivity contribution in [3.05, 3.63) is 32.8 Å². The molecule has 1 rings (SSSR count). The Labute approximate surface area is 118 Å². The third kappa shape index (κ3) is 4.08. The second-order valence-corrected chi connectivity index (χ2v) is 4.39. The van der Waals surface area contributed by atoms with E-state index in [0.29, 0.717) is 0 Å². The molecule has 1 aromatic rings. The molecule has 0 aromatic heterocycles. The monoisotopic (exact) mass is 357 g/mol. The summed E-state index contributed by atoms with van der Waals surface area (Å²) in [5.41, 5.74) is -0.487. The number of rotatable bonds is 5. The Morgan fingerprint density at radius 3 is 2.55 bits per heavy atom. The lowest BCUT2D eigenvalue weighted by molar-refractivity contribution is -0.385. The first kappa shape index (κ1) is 16.2. The van der Waals surface area contributed by atoms with E-state index in [1.807, 2.05) is 0 Å². The molecule has 0 bridgehead atoms. The summed E-state index contributed by atoms with van der Waals surface area (Å²) in [5.74, 6) is -2.16. The van der Waals surface area contributed by atoms with Crippen LogP contribution in [-0.4, -0.2) is 28.3 Å². The van der Waals surface area contributed by atoms with E-state index in [-0.39, 0.29) is 4.47 Å². The molecule has 0 saturated carbocycles. The molecule has 0 heterocycles. The second-order valence-electron chi connectivity index (χ2n) is 3.59. The fourth-order valence-electron chi connectivity index (χ4n) is 1.27. The Kier molecular flexibility index (Phi) is 4.93. The minimum atomic E-state index is -4.91. The number of carboxylic acids is 1. The Morgan fingerprint density at radius 2 is 2.10 bits per heavy atom. The number of hydrogen-bond donors (Lipinski definition) is 1. The zero-order valence-electron chi connectivity index (χ0n) is 9.56. The van der Waals surface area contributed by atoms with E-state index < -0.39 is 41.0 Å². The zero-order chi connectivity index (χ0) is 15.5. The summed E-state index contributed by atoms with van der Waals surface area (Å²) in [6.07, 6.45) is -8.82. The predicted octanol–water partition coefficient (Wildman–Crippen LogP) is 3.14. The molecule has 0 spiro atoms. The van der Waals surface area contributed by atoms with Crippen LogP contribution in [0, 0.1) is 10.1 Å². The van der Waals surface area contributed by atoms with Crippen LogP contribution in [0.4, 0.5) is 18.9 Å². The molecule has 0 fully saturated rings. The first-order chi connectivity index (χ1) is 9.12. The number of carboxylic acid groups (broad SMARTS) is 1. The van der Waals surface area contributed by atoms with Crippen LogP contribution in [0.15, 0.2) is 22.7 Å². The van der Waals surface area contributed by atoms with Gasteiger partial charge in [-0.1, -0.05) is 6.07 Å². The van der Waals surface area contributed by atoms with Crippen molar-refractivity contribution in [2.24, 2.45) is 0 Å². The summed E-state index contributed by atoms with van der Waals surface area (Å²) in [6.45, 7) is 0. The van der Waals surface area contributed by atoms with E-state index >= 15 is 0 Å². The highest BCUT2D eigenvalue weighted by Crippen LogP contribution is 2.36. The summed E-state index contributed by atoms with van der Waals surface area (Å²) in [4.78, 5) is 20.2. The Bertz CT molecular complexity index is 534. The Hall–Kier alpha value is -1.84. The van der Waals surface area contributed by atoms with Crippen molar-refractivity contribution in [1.29, 1.82) is 0 Å². The van der Waals surface area contributed by atoms with Crippen LogP contribution in [-0.2, 0) is 4.79 Å². The van der Waals surface area contributed by atoms with Gasteiger partial charge in [0, 0.05) is 6.07 Å². The average molecular weight is 358 g/mol. The van der Waals surface area contributed by atoms with E-state index in [0.717, 1.165) is 18.2 Å². The number of carbonyl (C=O) groups is 1. The van der Waals surface area contributed by atoms with Gasteiger partial charge in [0.15, 0.2) is 0 Å². The molecule has 10 heteroatoms. The van der Waals surface area contributed by atoms with Crippen molar-refractivity contribution in [2.75, 3.05) is 0 Å². The molecule has 0 aliphatic carbocycles. The normalized spacial score (nSPS) is 12.8. The number of aliphatic carboxylic acids is 1. The number of hydrogen-bond acceptors (Lipinski definition) is 4. The maximum absolute atomic E-state index is 12.6. The largest absolute Gasteiger partial charge is 0.481 e. The smallest absolute Gasteiger partial charge is 0.426 e. The van der Waals surface area contributed by atoms with Gasteiger partial charge in [0.1, 0.15) is 10.2 Å². The fourth-order valence-corrected chi connectivity index (χ4v) is 1.77. The molecule has 6 nitrogen and oxygen atoms in total. The minimum absolute atomic E-state index is 0.287. The SMILES string of the molecule is O=C(O)CC(Oc1cccc([N+](=O)[O-])c1Br)C(F)(F)F. The van der Waals surface area contributed by atoms with Crippen molar-refractivity contribution >= 4 is 27.6 Å². The van der Waals surface area contributed by atoms with Crippen LogP contribution in [0.1, 0.15) is 6.42 Å². The average Bonchev–Trinajstić information content (AvgIpc) is 2.28. The molecule has 0 aliphatic rings. The highest BCUT2D eigenvalue weighted by Gasteiger charge is 2.43. The molecular formula is C10H7BrF3NO5. The van der Waals surface area contributed by atoms with E-state index in [1.165, 1.54) is 0 Å². The lowest BCUT2D eigenvalue weighted by Crippen LogP contribution is -2.36. The first-order valence-electron chi connectivity index (χ1n) is 5.01. The number of ether oxygens (including phenoxy) is 1. The van der Waals surface area contributed by atoms with E-state index in [1.54, 1.807) is 0 Å². The Balaban J connectivity index is 3.09. The number of alkyl halides is 3. The van der Waals surface area contributed by atoms with E-state index in [4.69, 9.17) is 5.11 Å². The van der Waals surface area contributed by atoms with Gasteiger partial charge in [0.25, 0.3) is 5.69 Å². The number of benzene rings is 1. The van der Waals surface area contributed by atoms with Gasteiger partial charge in [-0.3, -0.25) is 14.9 Å². The van der Waals surface area contributed by atoms with Gasteiger partial charge in [0.2, 0.25) is 6.10 Å². The summed E-state index contributed by atoms with van der Waals surface area (Å²) in [6, 6.07) is 3.26. The summed E-state index contributed by atoms with van der Waals surface area (Å²) < 4.78 is 42.1. The third-order valence-corrected chi connectivity index (χ3v) is 2.93. The van der Waals surface area contributed by atoms with Crippen LogP contribution >= 0.6 is 15.9 Å². The number of nitro benzene ring substituents is 1. The standard InChI is InChI=1S/C10H7BrF3NO5/c11-9-5(15(18)19)2-1-3-6(9)20-7(4-8(16)17)10(12,13)14/h1-3,7H,4H2,(H,16,17). The van der Waals surface area contributed by atoms with Crippen LogP contribution < -0.4 is 4.74 Å². The topological polar surface area (TPSA) is 89.7 Å². The molecule has 0 saturated heterocycles. The van der Waals surface area contributed by atoms with Crippen molar-refractivity contribution < 1.29 is 32.7 Å². The van der Waals surface area contributed by atoms with Crippen molar-refractivity contribution in [3.8, 4) is 5.75 Å². The summed E-state index contributed by atoms with van der Waals surface area (Å²) in [7, 11) is 0. The summed E-state index contributed by atoms with van der Waals surface area (Å²) >= 11 is 2.76. The van der Waals surface area contributed by atoms with Gasteiger partial charge in [-0.25, -0.2) is 0 Å². The van der Waals surface area contributed by atoms with Crippen LogP contribution in [0.2, 0.25) is 0 Å². The van der Waals surface area contributed by atoms with Gasteiger partial charge in [-0.15, -0.1) is 0 Å². The summed E-state index contributed by atoms with van der Waals surface area (Å²) in [5, 5.41) is 19.1. The van der Waals surface area contributed by atoms with Crippen LogP contribution in [0.5, 0.6) is 5.75 Å². The number of nitro groups is 1. The quantitative estimate of drug-likeness (QED) is 0.645. The molecule has 110 valence electrons. The molecule has 1 N–H and O–H groups in total. The third-order valence-electron chi connectivity index (χ3n) is 2.13. The lowest BCUT2D eigenvalue weighted by Gasteiger charge is -2.20.